The summed E-state index contributed by atoms with van der Waals surface area (Å²) in [6, 6.07) is 1.87. The van der Waals surface area contributed by atoms with Crippen LogP contribution in [-0.4, -0.2) is 13.0 Å². The number of hydrogen-bond acceptors (Lipinski definition) is 2. The van der Waals surface area contributed by atoms with E-state index < -0.39 is 23.6 Å². The molecule has 0 bridgehead atoms. The van der Waals surface area contributed by atoms with Gasteiger partial charge in [0.15, 0.2) is 0 Å². The minimum Gasteiger partial charge on any atom is -0.368 e. The van der Waals surface area contributed by atoms with Crippen LogP contribution in [0.3, 0.4) is 0 Å². The molecule has 1 aromatic carbocycles. The van der Waals surface area contributed by atoms with Crippen LogP contribution in [0.25, 0.3) is 0 Å². The van der Waals surface area contributed by atoms with Gasteiger partial charge in [-0.15, -0.1) is 0 Å². The fraction of sp³-hybridized carbons (Fsp3) is 0.222. The van der Waals surface area contributed by atoms with Crippen LogP contribution in [-0.2, 0) is 4.79 Å². The van der Waals surface area contributed by atoms with Crippen molar-refractivity contribution >= 4 is 5.91 Å². The van der Waals surface area contributed by atoms with Crippen LogP contribution in [0.4, 0.5) is 8.78 Å². The average Bonchev–Trinajstić information content (AvgIpc) is 2.11. The quantitative estimate of drug-likeness (QED) is 0.755. The van der Waals surface area contributed by atoms with E-state index in [0.29, 0.717) is 0 Å². The van der Waals surface area contributed by atoms with Gasteiger partial charge < -0.3 is 11.1 Å². The lowest BCUT2D eigenvalue weighted by molar-refractivity contribution is -0.120. The molecular weight excluding hydrogens is 190 g/mol. The van der Waals surface area contributed by atoms with Gasteiger partial charge in [0, 0.05) is 5.56 Å². The first-order chi connectivity index (χ1) is 6.56. The first kappa shape index (κ1) is 10.6. The maximum Gasteiger partial charge on any atom is 0.239 e. The highest BCUT2D eigenvalue weighted by atomic mass is 19.1. The highest BCUT2D eigenvalue weighted by molar-refractivity contribution is 5.81. The number of rotatable bonds is 3. The van der Waals surface area contributed by atoms with Crippen LogP contribution in [0.5, 0.6) is 0 Å². The van der Waals surface area contributed by atoms with E-state index in [1.165, 1.54) is 7.05 Å². The molecule has 0 aromatic heterocycles. The minimum absolute atomic E-state index is 0.0833. The summed E-state index contributed by atoms with van der Waals surface area (Å²) in [6.45, 7) is 0. The number of halogens is 2. The van der Waals surface area contributed by atoms with E-state index in [0.717, 1.165) is 18.2 Å². The van der Waals surface area contributed by atoms with E-state index in [2.05, 4.69) is 5.32 Å². The van der Waals surface area contributed by atoms with Crippen LogP contribution >= 0.6 is 0 Å². The summed E-state index contributed by atoms with van der Waals surface area (Å²) in [5.74, 6) is -2.02. The van der Waals surface area contributed by atoms with Crippen molar-refractivity contribution in [2.45, 2.75) is 6.04 Å². The second-order valence-electron chi connectivity index (χ2n) is 2.79. The molecule has 0 saturated carbocycles. The largest absolute Gasteiger partial charge is 0.368 e. The summed E-state index contributed by atoms with van der Waals surface area (Å²) in [6.07, 6.45) is 0. The molecule has 0 aliphatic rings. The molecular formula is C9H10F2N2O. The smallest absolute Gasteiger partial charge is 0.239 e. The Hall–Kier alpha value is -1.49. The summed E-state index contributed by atoms with van der Waals surface area (Å²) in [5, 5.41) is 2.50. The standard InChI is InChI=1S/C9H10F2N2O/c1-13-8(9(12)14)6-4-5(10)2-3-7(6)11/h2-4,8,13H,1H3,(H2,12,14)/t8-/m0/s1. The third-order valence-corrected chi connectivity index (χ3v) is 1.84. The Bertz CT molecular complexity index is 355. The minimum atomic E-state index is -1.01. The first-order valence-corrected chi connectivity index (χ1v) is 3.97. The Morgan fingerprint density at radius 2 is 2.14 bits per heavy atom. The van der Waals surface area contributed by atoms with Gasteiger partial charge in [-0.2, -0.15) is 0 Å². The Kier molecular flexibility index (Phi) is 3.14. The number of hydrogen-bond donors (Lipinski definition) is 2. The van der Waals surface area contributed by atoms with Crippen molar-refractivity contribution in [2.75, 3.05) is 7.05 Å². The lowest BCUT2D eigenvalue weighted by atomic mass is 10.1. The van der Waals surface area contributed by atoms with Gasteiger partial charge in [0.25, 0.3) is 0 Å². The van der Waals surface area contributed by atoms with Crippen molar-refractivity contribution in [1.82, 2.24) is 5.32 Å². The van der Waals surface area contributed by atoms with Crippen molar-refractivity contribution in [3.8, 4) is 0 Å². The first-order valence-electron chi connectivity index (χ1n) is 3.97. The maximum absolute atomic E-state index is 13.2. The van der Waals surface area contributed by atoms with Gasteiger partial charge in [0.1, 0.15) is 17.7 Å². The number of likely N-dealkylation sites (N-methyl/N-ethyl adjacent to an activating group) is 1. The zero-order valence-corrected chi connectivity index (χ0v) is 7.55. The molecule has 3 N–H and O–H groups in total. The zero-order valence-electron chi connectivity index (χ0n) is 7.55. The topological polar surface area (TPSA) is 55.1 Å². The molecule has 14 heavy (non-hydrogen) atoms. The molecule has 0 aliphatic carbocycles. The van der Waals surface area contributed by atoms with Gasteiger partial charge in [-0.3, -0.25) is 4.79 Å². The molecule has 1 rings (SSSR count). The molecule has 0 fully saturated rings. The van der Waals surface area contributed by atoms with Gasteiger partial charge in [0.2, 0.25) is 5.91 Å². The predicted octanol–water partition coefficient (Wildman–Crippen LogP) is 0.711. The monoisotopic (exact) mass is 200 g/mol. The molecule has 0 saturated heterocycles. The van der Waals surface area contributed by atoms with Crippen molar-refractivity contribution in [3.05, 3.63) is 35.4 Å². The van der Waals surface area contributed by atoms with E-state index >= 15 is 0 Å². The number of benzene rings is 1. The van der Waals surface area contributed by atoms with Crippen LogP contribution < -0.4 is 11.1 Å². The Morgan fingerprint density at radius 1 is 1.50 bits per heavy atom. The molecule has 76 valence electrons. The number of carbonyl (C=O) groups is 1. The van der Waals surface area contributed by atoms with Crippen LogP contribution in [0.15, 0.2) is 18.2 Å². The molecule has 1 aromatic rings. The van der Waals surface area contributed by atoms with Gasteiger partial charge in [0.05, 0.1) is 0 Å². The molecule has 0 spiro atoms. The van der Waals surface area contributed by atoms with Crippen molar-refractivity contribution in [2.24, 2.45) is 5.73 Å². The lowest BCUT2D eigenvalue weighted by Gasteiger charge is -2.13. The zero-order chi connectivity index (χ0) is 10.7. The lowest BCUT2D eigenvalue weighted by Crippen LogP contribution is -2.31. The molecule has 5 heteroatoms. The molecule has 1 atom stereocenters. The second kappa shape index (κ2) is 4.15. The SMILES string of the molecule is CN[C@H](C(N)=O)c1cc(F)ccc1F. The number of nitrogens with one attached hydrogen (secondary N) is 1. The van der Waals surface area contributed by atoms with Crippen LogP contribution in [0, 0.1) is 11.6 Å². The Balaban J connectivity index is 3.15. The third-order valence-electron chi connectivity index (χ3n) is 1.84. The fourth-order valence-corrected chi connectivity index (χ4v) is 1.19. The summed E-state index contributed by atoms with van der Waals surface area (Å²) in [4.78, 5) is 10.9. The summed E-state index contributed by atoms with van der Waals surface area (Å²) in [7, 11) is 1.44. The Morgan fingerprint density at radius 3 is 2.64 bits per heavy atom. The van der Waals surface area contributed by atoms with Crippen molar-refractivity contribution in [1.29, 1.82) is 0 Å². The van der Waals surface area contributed by atoms with Gasteiger partial charge in [-0.05, 0) is 25.2 Å². The second-order valence-corrected chi connectivity index (χ2v) is 2.79. The summed E-state index contributed by atoms with van der Waals surface area (Å²) in [5.41, 5.74) is 4.92. The number of amides is 1. The molecule has 1 amide bonds. The van der Waals surface area contributed by atoms with Crippen LogP contribution in [0.1, 0.15) is 11.6 Å². The Labute approximate surface area is 79.9 Å². The maximum atomic E-state index is 13.2. The normalized spacial score (nSPS) is 12.5. The third kappa shape index (κ3) is 2.05. The van der Waals surface area contributed by atoms with Crippen molar-refractivity contribution < 1.29 is 13.6 Å². The highest BCUT2D eigenvalue weighted by Gasteiger charge is 2.19. The van der Waals surface area contributed by atoms with E-state index in [1.54, 1.807) is 0 Å². The van der Waals surface area contributed by atoms with Crippen LogP contribution in [0.2, 0.25) is 0 Å². The number of nitrogens with two attached hydrogens (primary N) is 1. The predicted molar refractivity (Wildman–Crippen MR) is 47.4 cm³/mol. The summed E-state index contributed by atoms with van der Waals surface area (Å²) >= 11 is 0. The number of primary amides is 1. The summed E-state index contributed by atoms with van der Waals surface area (Å²) < 4.78 is 25.9. The van der Waals surface area contributed by atoms with E-state index in [1.807, 2.05) is 0 Å². The van der Waals surface area contributed by atoms with E-state index in [9.17, 15) is 13.6 Å². The molecule has 0 radical (unpaired) electrons. The van der Waals surface area contributed by atoms with Gasteiger partial charge in [-0.25, -0.2) is 8.78 Å². The van der Waals surface area contributed by atoms with E-state index in [4.69, 9.17) is 5.73 Å². The fourth-order valence-electron chi connectivity index (χ4n) is 1.19. The molecule has 0 unspecified atom stereocenters. The van der Waals surface area contributed by atoms with Gasteiger partial charge in [-0.1, -0.05) is 0 Å². The molecule has 0 heterocycles. The average molecular weight is 200 g/mol. The number of carbonyl (C=O) groups excluding carboxylic acids is 1. The molecule has 3 nitrogen and oxygen atoms in total. The van der Waals surface area contributed by atoms with Gasteiger partial charge >= 0.3 is 0 Å². The van der Waals surface area contributed by atoms with E-state index in [-0.39, 0.29) is 5.56 Å². The molecule has 0 aliphatic heterocycles. The highest BCUT2D eigenvalue weighted by Crippen LogP contribution is 2.17. The van der Waals surface area contributed by atoms with Crippen molar-refractivity contribution in [3.63, 3.8) is 0 Å².